The smallest absolute Gasteiger partial charge is 0.180 e. The number of benzene rings is 4. The molecule has 0 aromatic heterocycles. The number of anilines is 3. The summed E-state index contributed by atoms with van der Waals surface area (Å²) >= 11 is 0. The maximum atomic E-state index is 7.71. The van der Waals surface area contributed by atoms with Gasteiger partial charge >= 0.3 is 0 Å². The highest BCUT2D eigenvalue weighted by atomic mass is 31.0. The molecule has 0 fully saturated rings. The number of nitrogen functional groups attached to an aromatic ring is 1. The van der Waals surface area contributed by atoms with Crippen molar-refractivity contribution in [1.82, 2.24) is 0 Å². The summed E-state index contributed by atoms with van der Waals surface area (Å²) in [6.07, 6.45) is 0. The van der Waals surface area contributed by atoms with Gasteiger partial charge in [0.25, 0.3) is 0 Å². The minimum Gasteiger partial charge on any atom is -0.399 e. The first kappa shape index (κ1) is 20.0. The van der Waals surface area contributed by atoms with E-state index in [0.29, 0.717) is 0 Å². The third-order valence-electron chi connectivity index (χ3n) is 4.77. The minimum atomic E-state index is -0.300. The first-order valence-electron chi connectivity index (χ1n) is 10.8. The van der Waals surface area contributed by atoms with Crippen LogP contribution in [0.3, 0.4) is 0 Å². The predicted octanol–water partition coefficient (Wildman–Crippen LogP) is 4.66. The van der Waals surface area contributed by atoms with E-state index in [-0.39, 0.29) is 6.96 Å². The number of hydrogen-bond acceptors (Lipinski definition) is 2. The zero-order valence-electron chi connectivity index (χ0n) is 18.5. The summed E-state index contributed by atoms with van der Waals surface area (Å²) in [5.74, 6) is 12.7. The van der Waals surface area contributed by atoms with Crippen LogP contribution in [0.4, 0.5) is 17.1 Å². The van der Waals surface area contributed by atoms with E-state index in [2.05, 4.69) is 38.1 Å². The van der Waals surface area contributed by atoms with Gasteiger partial charge in [-0.25, -0.2) is 0 Å². The standard InChI is InChI=1S/C28H22BN2P/c30-26-15-7-22(8-16-26)2-4-24-11-19-28(20-12-24)31-27-17-9-23(10-18-27)3-1-21-5-13-25(29-32)14-6-21/h5-20,29,31H,30,32H2/i29D. The van der Waals surface area contributed by atoms with Gasteiger partial charge in [0, 0.05) is 39.3 Å². The van der Waals surface area contributed by atoms with E-state index < -0.39 is 0 Å². The van der Waals surface area contributed by atoms with Gasteiger partial charge in [-0.2, -0.15) is 9.12 Å². The van der Waals surface area contributed by atoms with Crippen LogP contribution in [0, 0.1) is 23.7 Å². The van der Waals surface area contributed by atoms with Crippen LogP contribution in [0.5, 0.6) is 0 Å². The monoisotopic (exact) mass is 429 g/mol. The molecule has 4 aromatic carbocycles. The molecule has 4 heteroatoms. The summed E-state index contributed by atoms with van der Waals surface area (Å²) in [5.41, 5.74) is 13.2. The van der Waals surface area contributed by atoms with Crippen LogP contribution < -0.4 is 16.5 Å². The molecule has 0 aliphatic rings. The Bertz CT molecular complexity index is 1340. The molecule has 0 bridgehead atoms. The van der Waals surface area contributed by atoms with Gasteiger partial charge in [-0.05, 0) is 86.3 Å². The number of hydrogen-bond donors (Lipinski definition) is 2. The summed E-state index contributed by atoms with van der Waals surface area (Å²) in [4.78, 5) is 0. The zero-order chi connectivity index (χ0) is 23.0. The van der Waals surface area contributed by atoms with Gasteiger partial charge in [0.05, 0.1) is 0 Å². The van der Waals surface area contributed by atoms with Gasteiger partial charge < -0.3 is 11.1 Å². The Morgan fingerprint density at radius 2 is 0.938 bits per heavy atom. The van der Waals surface area contributed by atoms with Crippen molar-refractivity contribution in [3.05, 3.63) is 119 Å². The third-order valence-corrected chi connectivity index (χ3v) is 5.16. The zero-order valence-corrected chi connectivity index (χ0v) is 18.6. The van der Waals surface area contributed by atoms with E-state index in [1.165, 1.54) is 0 Å². The topological polar surface area (TPSA) is 38.0 Å². The van der Waals surface area contributed by atoms with Crippen LogP contribution in [0.1, 0.15) is 22.3 Å². The number of nitrogens with two attached hydrogens (primary N) is 1. The third kappa shape index (κ3) is 6.06. The molecule has 0 aliphatic heterocycles. The fourth-order valence-electron chi connectivity index (χ4n) is 2.97. The second kappa shape index (κ2) is 10.4. The Labute approximate surface area is 194 Å². The summed E-state index contributed by atoms with van der Waals surface area (Å²) in [5, 5.41) is 3.40. The fourth-order valence-corrected chi connectivity index (χ4v) is 3.20. The highest BCUT2D eigenvalue weighted by Gasteiger charge is 1.96. The predicted molar refractivity (Wildman–Crippen MR) is 142 cm³/mol. The number of nitrogens with one attached hydrogen (secondary N) is 1. The lowest BCUT2D eigenvalue weighted by atomic mass is 9.93. The van der Waals surface area contributed by atoms with Crippen LogP contribution in [-0.2, 0) is 0 Å². The van der Waals surface area contributed by atoms with E-state index in [9.17, 15) is 0 Å². The molecule has 3 N–H and O–H groups in total. The molecule has 0 spiro atoms. The molecule has 1 atom stereocenters. The molecule has 0 aliphatic carbocycles. The van der Waals surface area contributed by atoms with Crippen molar-refractivity contribution >= 4 is 38.6 Å². The van der Waals surface area contributed by atoms with Crippen LogP contribution in [0.15, 0.2) is 97.1 Å². The molecule has 0 radical (unpaired) electrons. The Hall–Kier alpha value is -3.91. The van der Waals surface area contributed by atoms with Crippen LogP contribution in [-0.4, -0.2) is 8.30 Å². The van der Waals surface area contributed by atoms with Crippen molar-refractivity contribution in [2.24, 2.45) is 0 Å². The maximum Gasteiger partial charge on any atom is 0.180 e. The average molecular weight is 429 g/mol. The van der Waals surface area contributed by atoms with Crippen molar-refractivity contribution in [2.75, 3.05) is 11.1 Å². The van der Waals surface area contributed by atoms with Gasteiger partial charge in [-0.15, -0.1) is 0 Å². The van der Waals surface area contributed by atoms with E-state index in [1.54, 1.807) is 0 Å². The fraction of sp³-hybridized carbons (Fsp3) is 0. The molecule has 0 saturated heterocycles. The van der Waals surface area contributed by atoms with E-state index >= 15 is 0 Å². The highest BCUT2D eigenvalue weighted by molar-refractivity contribution is 7.58. The molecule has 1 unspecified atom stereocenters. The first-order chi connectivity index (χ1) is 16.0. The van der Waals surface area contributed by atoms with Crippen molar-refractivity contribution in [3.63, 3.8) is 0 Å². The van der Waals surface area contributed by atoms with Crippen molar-refractivity contribution in [1.29, 1.82) is 1.34 Å². The molecule has 4 rings (SSSR count). The maximum absolute atomic E-state index is 7.71. The Kier molecular flexibility index (Phi) is 6.52. The van der Waals surface area contributed by atoms with Gasteiger partial charge in [-0.1, -0.05) is 41.3 Å². The average Bonchev–Trinajstić information content (AvgIpc) is 2.84. The lowest BCUT2D eigenvalue weighted by molar-refractivity contribution is 1.52. The molecule has 0 saturated carbocycles. The highest BCUT2D eigenvalue weighted by Crippen LogP contribution is 2.17. The van der Waals surface area contributed by atoms with Gasteiger partial charge in [0.1, 0.15) is 0 Å². The Morgan fingerprint density at radius 1 is 0.594 bits per heavy atom. The van der Waals surface area contributed by atoms with Crippen molar-refractivity contribution in [3.8, 4) is 23.7 Å². The SMILES string of the molecule is [2H]B(P)c1ccc(C#Cc2ccc(Nc3ccc(C#Cc4ccc(N)cc4)cc3)cc2)cc1. The lowest BCUT2D eigenvalue weighted by Gasteiger charge is -2.06. The Balaban J connectivity index is 1.37. The molecule has 2 nitrogen and oxygen atoms in total. The van der Waals surface area contributed by atoms with Gasteiger partial charge in [-0.3, -0.25) is 0 Å². The largest absolute Gasteiger partial charge is 0.399 e. The summed E-state index contributed by atoms with van der Waals surface area (Å²) in [6.45, 7) is -0.300. The summed E-state index contributed by atoms with van der Waals surface area (Å²) < 4.78 is 7.71. The summed E-state index contributed by atoms with van der Waals surface area (Å²) in [7, 11) is 2.48. The van der Waals surface area contributed by atoms with E-state index in [1.807, 2.05) is 97.1 Å². The molecule has 0 amide bonds. The van der Waals surface area contributed by atoms with E-state index in [4.69, 9.17) is 7.07 Å². The van der Waals surface area contributed by atoms with E-state index in [0.717, 1.165) is 44.8 Å². The second-order valence-corrected chi connectivity index (χ2v) is 7.52. The molecule has 4 aromatic rings. The Morgan fingerprint density at radius 3 is 1.31 bits per heavy atom. The quantitative estimate of drug-likeness (QED) is 0.215. The second-order valence-electron chi connectivity index (χ2n) is 7.19. The summed E-state index contributed by atoms with van der Waals surface area (Å²) in [6, 6.07) is 31.4. The molecule has 0 heterocycles. The van der Waals surface area contributed by atoms with Crippen molar-refractivity contribution < 1.29 is 0 Å². The molecule has 32 heavy (non-hydrogen) atoms. The lowest BCUT2D eigenvalue weighted by Crippen LogP contribution is -2.06. The van der Waals surface area contributed by atoms with Crippen LogP contribution in [0.25, 0.3) is 0 Å². The normalized spacial score (nSPS) is 10.1. The molecular formula is C28H22BN2P. The number of rotatable bonds is 3. The minimum absolute atomic E-state index is 0.300. The van der Waals surface area contributed by atoms with Gasteiger partial charge in [0.2, 0.25) is 0 Å². The van der Waals surface area contributed by atoms with Crippen LogP contribution in [0.2, 0.25) is 0 Å². The molecule has 152 valence electrons. The van der Waals surface area contributed by atoms with Crippen molar-refractivity contribution in [2.45, 2.75) is 0 Å². The van der Waals surface area contributed by atoms with Crippen LogP contribution >= 0.6 is 9.12 Å². The molecular weight excluding hydrogens is 406 g/mol. The first-order valence-corrected chi connectivity index (χ1v) is 10.9. The van der Waals surface area contributed by atoms with Gasteiger partial charge in [0.15, 0.2) is 6.96 Å².